The quantitative estimate of drug-likeness (QED) is 0.0371. The molecule has 7 nitrogen and oxygen atoms in total. The largest absolute Gasteiger partial charge is 0.466 e. The molecule has 2 rings (SSSR count). The number of esters is 3. The second kappa shape index (κ2) is 25.5. The zero-order valence-electron chi connectivity index (χ0n) is 27.1. The summed E-state index contributed by atoms with van der Waals surface area (Å²) in [6.07, 6.45) is 17.3. The van der Waals surface area contributed by atoms with Gasteiger partial charge >= 0.3 is 17.9 Å². The molecule has 9 heteroatoms. The molecule has 0 unspecified atom stereocenters. The lowest BCUT2D eigenvalue weighted by Crippen LogP contribution is -2.35. The highest BCUT2D eigenvalue weighted by molar-refractivity contribution is 8.68. The Balaban J connectivity index is 1.44. The second-order valence-corrected chi connectivity index (χ2v) is 13.5. The minimum absolute atomic E-state index is 0.0934. The fraction of sp³-hybridized carbons (Fsp3) is 0.743. The minimum atomic E-state index is -0.252. The summed E-state index contributed by atoms with van der Waals surface area (Å²) < 4.78 is 16.3. The number of ether oxygens (including phenoxy) is 3. The molecule has 0 atom stereocenters. The number of thiol groups is 1. The Bertz CT molecular complexity index is 905. The molecule has 1 aromatic carbocycles. The topological polar surface area (TPSA) is 82.1 Å². The van der Waals surface area contributed by atoms with Crippen molar-refractivity contribution < 1.29 is 28.6 Å². The molecule has 1 aromatic rings. The lowest BCUT2D eigenvalue weighted by molar-refractivity contribution is -0.144. The Labute approximate surface area is 275 Å². The summed E-state index contributed by atoms with van der Waals surface area (Å²) in [5, 5.41) is 0. The number of likely N-dealkylation sites (tertiary alicyclic amines) is 1. The number of carbonyl (C=O) groups excluding carboxylic acids is 3. The van der Waals surface area contributed by atoms with Crippen molar-refractivity contribution in [3.63, 3.8) is 0 Å². The van der Waals surface area contributed by atoms with E-state index < -0.39 is 0 Å². The van der Waals surface area contributed by atoms with Crippen LogP contribution in [-0.4, -0.2) is 61.4 Å². The van der Waals surface area contributed by atoms with Crippen LogP contribution in [0.5, 0.6) is 5.75 Å². The Morgan fingerprint density at radius 3 is 2.02 bits per heavy atom. The molecular weight excluding hydrogens is 595 g/mol. The fourth-order valence-corrected chi connectivity index (χ4v) is 6.05. The molecule has 1 saturated heterocycles. The summed E-state index contributed by atoms with van der Waals surface area (Å²) >= 11 is 4.21. The first kappa shape index (κ1) is 38.5. The van der Waals surface area contributed by atoms with E-state index in [-0.39, 0.29) is 24.3 Å². The predicted octanol–water partition coefficient (Wildman–Crippen LogP) is 8.38. The molecule has 1 fully saturated rings. The Morgan fingerprint density at radius 2 is 1.36 bits per heavy atom. The van der Waals surface area contributed by atoms with Gasteiger partial charge in [0.2, 0.25) is 0 Å². The third-order valence-electron chi connectivity index (χ3n) is 8.27. The number of unbranched alkanes of at least 4 members (excludes halogenated alkanes) is 10. The molecule has 1 heterocycles. The average molecular weight is 652 g/mol. The molecule has 0 spiro atoms. The van der Waals surface area contributed by atoms with E-state index in [0.717, 1.165) is 95.2 Å². The van der Waals surface area contributed by atoms with E-state index in [9.17, 15) is 14.4 Å². The van der Waals surface area contributed by atoms with Crippen LogP contribution in [0.2, 0.25) is 0 Å². The summed E-state index contributed by atoms with van der Waals surface area (Å²) in [4.78, 5) is 38.8. The van der Waals surface area contributed by atoms with E-state index in [1.165, 1.54) is 32.1 Å². The standard InChI is InChI=1S/C35H57NO6S2/c1-2-3-4-5-6-10-13-26-40-33(37)14-11-8-7-9-12-15-34(38)42-32-18-16-31(17-19-32)29-35(39)41-27-22-30-20-23-36(24-21-30)25-28-44-43/h16-19,30,43H,2-15,20-29H2,1H3. The average Bonchev–Trinajstić information content (AvgIpc) is 3.02. The molecule has 0 amide bonds. The monoisotopic (exact) mass is 651 g/mol. The molecule has 1 aliphatic rings. The van der Waals surface area contributed by atoms with Crippen molar-refractivity contribution in [2.24, 2.45) is 5.92 Å². The summed E-state index contributed by atoms with van der Waals surface area (Å²) in [6.45, 7) is 6.55. The maximum absolute atomic E-state index is 12.3. The Morgan fingerprint density at radius 1 is 0.773 bits per heavy atom. The van der Waals surface area contributed by atoms with Gasteiger partial charge in [0.25, 0.3) is 0 Å². The van der Waals surface area contributed by atoms with E-state index >= 15 is 0 Å². The van der Waals surface area contributed by atoms with Gasteiger partial charge in [-0.1, -0.05) is 87.6 Å². The van der Waals surface area contributed by atoms with Gasteiger partial charge in [0.05, 0.1) is 19.6 Å². The van der Waals surface area contributed by atoms with E-state index in [1.807, 2.05) is 12.1 Å². The molecular formula is C35H57NO6S2. The maximum Gasteiger partial charge on any atom is 0.311 e. The summed E-state index contributed by atoms with van der Waals surface area (Å²) in [7, 11) is 1.59. The van der Waals surface area contributed by atoms with Crippen molar-refractivity contribution >= 4 is 40.4 Å². The molecule has 0 aromatic heterocycles. The summed E-state index contributed by atoms with van der Waals surface area (Å²) in [5.41, 5.74) is 0.840. The Hall–Kier alpha value is -1.71. The third kappa shape index (κ3) is 19.6. The highest BCUT2D eigenvalue weighted by Crippen LogP contribution is 2.21. The smallest absolute Gasteiger partial charge is 0.311 e. The number of nitrogens with zero attached hydrogens (tertiary/aromatic N) is 1. The van der Waals surface area contributed by atoms with Crippen LogP contribution >= 0.6 is 22.5 Å². The van der Waals surface area contributed by atoms with Gasteiger partial charge in [0, 0.05) is 25.1 Å². The van der Waals surface area contributed by atoms with Gasteiger partial charge in [-0.3, -0.25) is 14.4 Å². The third-order valence-corrected chi connectivity index (χ3v) is 9.18. The summed E-state index contributed by atoms with van der Waals surface area (Å²) in [6, 6.07) is 7.07. The van der Waals surface area contributed by atoms with E-state index in [4.69, 9.17) is 14.2 Å². The molecule has 0 aliphatic carbocycles. The van der Waals surface area contributed by atoms with Gasteiger partial charge in [-0.15, -0.1) is 11.7 Å². The number of piperidine rings is 1. The van der Waals surface area contributed by atoms with Crippen molar-refractivity contribution in [1.82, 2.24) is 4.90 Å². The van der Waals surface area contributed by atoms with Gasteiger partial charge in [0.15, 0.2) is 0 Å². The van der Waals surface area contributed by atoms with Gasteiger partial charge in [0.1, 0.15) is 5.75 Å². The lowest BCUT2D eigenvalue weighted by atomic mass is 9.94. The van der Waals surface area contributed by atoms with Gasteiger partial charge in [-0.05, 0) is 75.2 Å². The van der Waals surface area contributed by atoms with E-state index in [0.29, 0.717) is 37.7 Å². The number of benzene rings is 1. The van der Waals surface area contributed by atoms with Crippen molar-refractivity contribution in [3.8, 4) is 5.75 Å². The van der Waals surface area contributed by atoms with Gasteiger partial charge in [-0.2, -0.15) is 0 Å². The van der Waals surface area contributed by atoms with Gasteiger partial charge < -0.3 is 19.1 Å². The zero-order chi connectivity index (χ0) is 31.7. The van der Waals surface area contributed by atoms with Crippen LogP contribution in [-0.2, 0) is 30.3 Å². The lowest BCUT2D eigenvalue weighted by Gasteiger charge is -2.31. The Kier molecular flexibility index (Phi) is 22.3. The van der Waals surface area contributed by atoms with Crippen LogP contribution in [0.3, 0.4) is 0 Å². The molecule has 0 saturated carbocycles. The van der Waals surface area contributed by atoms with Crippen LogP contribution in [0, 0.1) is 5.92 Å². The minimum Gasteiger partial charge on any atom is -0.466 e. The fourth-order valence-electron chi connectivity index (χ4n) is 5.47. The number of carbonyl (C=O) groups is 3. The number of hydrogen-bond donors (Lipinski definition) is 1. The zero-order valence-corrected chi connectivity index (χ0v) is 28.8. The van der Waals surface area contributed by atoms with Crippen LogP contribution < -0.4 is 4.74 Å². The normalized spacial score (nSPS) is 14.0. The van der Waals surface area contributed by atoms with E-state index in [1.54, 1.807) is 22.9 Å². The SMILES string of the molecule is CCCCCCCCCOC(=O)CCCCCCCC(=O)Oc1ccc(CC(=O)OCCC2CCN(CCSS)CC2)cc1. The molecule has 250 valence electrons. The number of hydrogen-bond acceptors (Lipinski definition) is 9. The predicted molar refractivity (Wildman–Crippen MR) is 183 cm³/mol. The molecule has 0 bridgehead atoms. The van der Waals surface area contributed by atoms with Crippen LogP contribution in [0.15, 0.2) is 24.3 Å². The molecule has 44 heavy (non-hydrogen) atoms. The molecule has 1 aliphatic heterocycles. The van der Waals surface area contributed by atoms with E-state index in [2.05, 4.69) is 23.5 Å². The van der Waals surface area contributed by atoms with Crippen LogP contribution in [0.4, 0.5) is 0 Å². The number of rotatable bonds is 25. The molecule has 0 N–H and O–H groups in total. The highest BCUT2D eigenvalue weighted by Gasteiger charge is 2.19. The molecule has 0 radical (unpaired) electrons. The van der Waals surface area contributed by atoms with Crippen molar-refractivity contribution in [2.75, 3.05) is 38.6 Å². The highest BCUT2D eigenvalue weighted by atomic mass is 33.1. The first-order chi connectivity index (χ1) is 21.5. The van der Waals surface area contributed by atoms with Crippen LogP contribution in [0.1, 0.15) is 122 Å². The summed E-state index contributed by atoms with van der Waals surface area (Å²) in [5.74, 6) is 1.59. The van der Waals surface area contributed by atoms with Gasteiger partial charge in [-0.25, -0.2) is 0 Å². The van der Waals surface area contributed by atoms with Crippen molar-refractivity contribution in [1.29, 1.82) is 0 Å². The van der Waals surface area contributed by atoms with Crippen LogP contribution in [0.25, 0.3) is 0 Å². The van der Waals surface area contributed by atoms with Crippen molar-refractivity contribution in [2.45, 2.75) is 122 Å². The van der Waals surface area contributed by atoms with Crippen molar-refractivity contribution in [3.05, 3.63) is 29.8 Å². The first-order valence-corrected chi connectivity index (χ1v) is 19.1. The second-order valence-electron chi connectivity index (χ2n) is 12.0. The first-order valence-electron chi connectivity index (χ1n) is 17.1. The maximum atomic E-state index is 12.3.